The van der Waals surface area contributed by atoms with Gasteiger partial charge in [0.05, 0.1) is 12.9 Å². The number of amides is 1. The zero-order valence-corrected chi connectivity index (χ0v) is 15.9. The van der Waals surface area contributed by atoms with Crippen molar-refractivity contribution in [2.24, 2.45) is 17.3 Å². The van der Waals surface area contributed by atoms with Gasteiger partial charge in [0.1, 0.15) is 0 Å². The van der Waals surface area contributed by atoms with Crippen LogP contribution in [0.1, 0.15) is 53.9 Å². The number of carboxylic acid groups (broad SMARTS) is 1. The van der Waals surface area contributed by atoms with Crippen molar-refractivity contribution in [3.8, 4) is 0 Å². The van der Waals surface area contributed by atoms with Crippen molar-refractivity contribution in [3.05, 3.63) is 0 Å². The maximum absolute atomic E-state index is 11.4. The number of likely N-dealkylation sites (tertiary alicyclic amines) is 1. The highest BCUT2D eigenvalue weighted by Gasteiger charge is 2.42. The average molecular weight is 349 g/mol. The van der Waals surface area contributed by atoms with Gasteiger partial charge in [-0.25, -0.2) is 4.79 Å². The highest BCUT2D eigenvalue weighted by Crippen LogP contribution is 2.38. The van der Waals surface area contributed by atoms with Crippen molar-refractivity contribution < 1.29 is 22.5 Å². The molecule has 0 aliphatic carbocycles. The van der Waals surface area contributed by atoms with E-state index < -0.39 is 16.2 Å². The predicted molar refractivity (Wildman–Crippen MR) is 89.9 cm³/mol. The molecule has 0 aromatic carbocycles. The summed E-state index contributed by atoms with van der Waals surface area (Å²) >= 11 is 0. The first-order valence-electron chi connectivity index (χ1n) is 8.04. The van der Waals surface area contributed by atoms with E-state index in [-0.39, 0.29) is 29.4 Å². The van der Waals surface area contributed by atoms with E-state index in [0.717, 1.165) is 25.5 Å². The van der Waals surface area contributed by atoms with Crippen molar-refractivity contribution in [2.45, 2.75) is 59.4 Å². The lowest BCUT2D eigenvalue weighted by molar-refractivity contribution is 0.116. The molecule has 0 bridgehead atoms. The molecule has 1 N–H and O–H groups in total. The summed E-state index contributed by atoms with van der Waals surface area (Å²) in [6.07, 6.45) is 2.58. The molecule has 23 heavy (non-hydrogen) atoms. The Bertz CT molecular complexity index is 521. The minimum absolute atomic E-state index is 0.0616. The molecular formula is C16H31NO5S. The van der Waals surface area contributed by atoms with E-state index in [9.17, 15) is 18.3 Å². The fourth-order valence-electron chi connectivity index (χ4n) is 3.65. The maximum Gasteiger partial charge on any atom is 0.407 e. The van der Waals surface area contributed by atoms with Crippen molar-refractivity contribution in [1.82, 2.24) is 4.90 Å². The monoisotopic (exact) mass is 349 g/mol. The van der Waals surface area contributed by atoms with Crippen LogP contribution in [0, 0.1) is 17.3 Å². The molecule has 1 amide bonds. The largest absolute Gasteiger partial charge is 0.465 e. The van der Waals surface area contributed by atoms with Gasteiger partial charge >= 0.3 is 6.09 Å². The van der Waals surface area contributed by atoms with Crippen LogP contribution in [0.4, 0.5) is 4.79 Å². The van der Waals surface area contributed by atoms with Crippen LogP contribution < -0.4 is 0 Å². The van der Waals surface area contributed by atoms with Crippen LogP contribution in [0.15, 0.2) is 0 Å². The fraction of sp³-hybridized carbons (Fsp3) is 0.938. The molecule has 7 heteroatoms. The summed E-state index contributed by atoms with van der Waals surface area (Å²) < 4.78 is 27.6. The highest BCUT2D eigenvalue weighted by atomic mass is 32.2. The Morgan fingerprint density at radius 3 is 2.35 bits per heavy atom. The van der Waals surface area contributed by atoms with Gasteiger partial charge in [-0.3, -0.25) is 4.18 Å². The molecule has 136 valence electrons. The van der Waals surface area contributed by atoms with E-state index in [0.29, 0.717) is 6.54 Å². The Kier molecular flexibility index (Phi) is 6.13. The Morgan fingerprint density at radius 2 is 1.96 bits per heavy atom. The summed E-state index contributed by atoms with van der Waals surface area (Å²) in [6, 6.07) is 0. The molecule has 1 rings (SSSR count). The molecular weight excluding hydrogens is 318 g/mol. The van der Waals surface area contributed by atoms with Crippen LogP contribution in [0.25, 0.3) is 0 Å². The highest BCUT2D eigenvalue weighted by molar-refractivity contribution is 7.85. The Hall–Kier alpha value is -0.820. The molecule has 6 nitrogen and oxygen atoms in total. The minimum atomic E-state index is -3.46. The summed E-state index contributed by atoms with van der Waals surface area (Å²) in [5.41, 5.74) is -0.313. The first-order chi connectivity index (χ1) is 10.2. The Balaban J connectivity index is 2.75. The van der Waals surface area contributed by atoms with Gasteiger partial charge in [-0.1, -0.05) is 20.8 Å². The second-order valence-corrected chi connectivity index (χ2v) is 10.3. The van der Waals surface area contributed by atoms with Crippen molar-refractivity contribution in [1.29, 1.82) is 0 Å². The normalized spacial score (nSPS) is 23.0. The van der Waals surface area contributed by atoms with Gasteiger partial charge in [-0.15, -0.1) is 0 Å². The SMILES string of the molecule is CC(C)(C)CC(COS(C)(=O)=O)C[C@@H]1CN(C(=O)O)C(C)(C)C1. The topological polar surface area (TPSA) is 83.9 Å². The van der Waals surface area contributed by atoms with Gasteiger partial charge in [0.25, 0.3) is 10.1 Å². The number of rotatable bonds is 6. The van der Waals surface area contributed by atoms with Crippen LogP contribution >= 0.6 is 0 Å². The van der Waals surface area contributed by atoms with Gasteiger partial charge in [0.2, 0.25) is 0 Å². The lowest BCUT2D eigenvalue weighted by Crippen LogP contribution is -2.41. The predicted octanol–water partition coefficient (Wildman–Crippen LogP) is 3.18. The second-order valence-electron chi connectivity index (χ2n) is 8.63. The van der Waals surface area contributed by atoms with E-state index in [1.165, 1.54) is 4.90 Å². The van der Waals surface area contributed by atoms with Crippen LogP contribution in [-0.2, 0) is 14.3 Å². The molecule has 1 saturated heterocycles. The van der Waals surface area contributed by atoms with Gasteiger partial charge in [0.15, 0.2) is 0 Å². The lowest BCUT2D eigenvalue weighted by atomic mass is 9.80. The van der Waals surface area contributed by atoms with Crippen LogP contribution in [-0.4, -0.2) is 49.5 Å². The third-order valence-corrected chi connectivity index (χ3v) is 4.84. The molecule has 0 aromatic heterocycles. The van der Waals surface area contributed by atoms with Crippen LogP contribution in [0.5, 0.6) is 0 Å². The summed E-state index contributed by atoms with van der Waals surface area (Å²) in [4.78, 5) is 12.8. The number of hydrogen-bond donors (Lipinski definition) is 1. The first-order valence-corrected chi connectivity index (χ1v) is 9.86. The lowest BCUT2D eigenvalue weighted by Gasteiger charge is -2.28. The zero-order chi connectivity index (χ0) is 18.1. The molecule has 0 spiro atoms. The van der Waals surface area contributed by atoms with Crippen molar-refractivity contribution >= 4 is 16.2 Å². The second kappa shape index (κ2) is 6.97. The molecule has 0 aromatic rings. The Labute approximate surface area is 140 Å². The number of hydrogen-bond acceptors (Lipinski definition) is 4. The van der Waals surface area contributed by atoms with E-state index in [4.69, 9.17) is 4.18 Å². The van der Waals surface area contributed by atoms with Gasteiger partial charge in [-0.05, 0) is 50.4 Å². The van der Waals surface area contributed by atoms with E-state index in [2.05, 4.69) is 20.8 Å². The number of nitrogens with zero attached hydrogens (tertiary/aromatic N) is 1. The molecule has 1 aliphatic heterocycles. The van der Waals surface area contributed by atoms with Crippen LogP contribution in [0.2, 0.25) is 0 Å². The van der Waals surface area contributed by atoms with E-state index in [1.807, 2.05) is 13.8 Å². The Morgan fingerprint density at radius 1 is 1.39 bits per heavy atom. The van der Waals surface area contributed by atoms with Gasteiger partial charge in [0, 0.05) is 12.1 Å². The van der Waals surface area contributed by atoms with Gasteiger partial charge < -0.3 is 10.0 Å². The number of carbonyl (C=O) groups is 1. The van der Waals surface area contributed by atoms with Gasteiger partial charge in [-0.2, -0.15) is 8.42 Å². The molecule has 0 radical (unpaired) electrons. The summed E-state index contributed by atoms with van der Waals surface area (Å²) in [5, 5.41) is 9.32. The molecule has 1 heterocycles. The standard InChI is InChI=1S/C16H31NO5S/c1-15(2,3)8-13(11-22-23(6,20)21)7-12-9-16(4,5)17(10-12)14(18)19/h12-13H,7-11H2,1-6H3,(H,18,19)/t12-,13?/m0/s1. The summed E-state index contributed by atoms with van der Waals surface area (Å²) in [6.45, 7) is 10.9. The van der Waals surface area contributed by atoms with Crippen molar-refractivity contribution in [3.63, 3.8) is 0 Å². The van der Waals surface area contributed by atoms with Crippen molar-refractivity contribution in [2.75, 3.05) is 19.4 Å². The first kappa shape index (κ1) is 20.2. The maximum atomic E-state index is 11.4. The smallest absolute Gasteiger partial charge is 0.407 e. The quantitative estimate of drug-likeness (QED) is 0.745. The summed E-state index contributed by atoms with van der Waals surface area (Å²) in [5.74, 6) is 0.330. The molecule has 0 saturated carbocycles. The third-order valence-electron chi connectivity index (χ3n) is 4.28. The molecule has 1 aliphatic rings. The fourth-order valence-corrected chi connectivity index (χ4v) is 4.09. The van der Waals surface area contributed by atoms with E-state index >= 15 is 0 Å². The summed E-state index contributed by atoms with van der Waals surface area (Å²) in [7, 11) is -3.46. The molecule has 1 unspecified atom stereocenters. The molecule has 1 fully saturated rings. The van der Waals surface area contributed by atoms with Crippen LogP contribution in [0.3, 0.4) is 0 Å². The van der Waals surface area contributed by atoms with E-state index in [1.54, 1.807) is 0 Å². The minimum Gasteiger partial charge on any atom is -0.465 e. The third kappa shape index (κ3) is 7.08. The zero-order valence-electron chi connectivity index (χ0n) is 15.1. The average Bonchev–Trinajstić information content (AvgIpc) is 2.58. The molecule has 2 atom stereocenters.